The molecule has 0 amide bonds. The Hall–Kier alpha value is -0.930. The number of rotatable bonds is 3. The van der Waals surface area contributed by atoms with Crippen LogP contribution in [0.3, 0.4) is 0 Å². The summed E-state index contributed by atoms with van der Waals surface area (Å²) in [5, 5.41) is 13.5. The molecule has 94 valence electrons. The maximum atomic E-state index is 13.0. The lowest BCUT2D eigenvalue weighted by Crippen LogP contribution is -2.38. The number of piperidine rings is 1. The van der Waals surface area contributed by atoms with Crippen LogP contribution in [-0.4, -0.2) is 17.7 Å². The third-order valence-corrected chi connectivity index (χ3v) is 3.50. The Labute approximate surface area is 102 Å². The lowest BCUT2D eigenvalue weighted by Gasteiger charge is -2.29. The Morgan fingerprint density at radius 3 is 3.06 bits per heavy atom. The number of benzene rings is 1. The van der Waals surface area contributed by atoms with Crippen molar-refractivity contribution in [2.24, 2.45) is 5.92 Å². The monoisotopic (exact) mass is 237 g/mol. The Morgan fingerprint density at radius 1 is 1.53 bits per heavy atom. The topological polar surface area (TPSA) is 32.3 Å². The van der Waals surface area contributed by atoms with E-state index < -0.39 is 6.10 Å². The van der Waals surface area contributed by atoms with Crippen molar-refractivity contribution in [1.82, 2.24) is 5.32 Å². The molecule has 1 aromatic rings. The molecule has 0 aromatic heterocycles. The molecule has 1 aliphatic heterocycles. The van der Waals surface area contributed by atoms with Crippen molar-refractivity contribution in [3.05, 3.63) is 35.6 Å². The van der Waals surface area contributed by atoms with Gasteiger partial charge in [0.05, 0.1) is 6.10 Å². The summed E-state index contributed by atoms with van der Waals surface area (Å²) in [5.41, 5.74) is 0.671. The SMILES string of the molecule is CC1CCNC(CC(O)c2cccc(F)c2)C1. The van der Waals surface area contributed by atoms with Gasteiger partial charge in [-0.3, -0.25) is 0 Å². The molecule has 3 atom stereocenters. The summed E-state index contributed by atoms with van der Waals surface area (Å²) in [7, 11) is 0. The zero-order valence-electron chi connectivity index (χ0n) is 10.2. The molecule has 0 bridgehead atoms. The second kappa shape index (κ2) is 5.61. The average molecular weight is 237 g/mol. The van der Waals surface area contributed by atoms with Crippen LogP contribution in [-0.2, 0) is 0 Å². The van der Waals surface area contributed by atoms with E-state index in [1.807, 2.05) is 0 Å². The molecule has 0 radical (unpaired) electrons. The van der Waals surface area contributed by atoms with E-state index in [4.69, 9.17) is 0 Å². The molecule has 3 heteroatoms. The average Bonchev–Trinajstić information content (AvgIpc) is 2.29. The lowest BCUT2D eigenvalue weighted by atomic mass is 9.90. The zero-order valence-corrected chi connectivity index (χ0v) is 10.2. The molecule has 0 aliphatic carbocycles. The van der Waals surface area contributed by atoms with Crippen molar-refractivity contribution in [3.63, 3.8) is 0 Å². The second-order valence-electron chi connectivity index (χ2n) is 5.09. The maximum absolute atomic E-state index is 13.0. The van der Waals surface area contributed by atoms with Crippen LogP contribution in [0.25, 0.3) is 0 Å². The molecule has 1 aliphatic rings. The molecule has 1 aromatic carbocycles. The zero-order chi connectivity index (χ0) is 12.3. The molecular weight excluding hydrogens is 217 g/mol. The number of hydrogen-bond donors (Lipinski definition) is 2. The van der Waals surface area contributed by atoms with E-state index >= 15 is 0 Å². The third kappa shape index (κ3) is 3.51. The molecule has 1 heterocycles. The van der Waals surface area contributed by atoms with Gasteiger partial charge in [-0.15, -0.1) is 0 Å². The second-order valence-corrected chi connectivity index (χ2v) is 5.09. The molecule has 2 nitrogen and oxygen atoms in total. The van der Waals surface area contributed by atoms with E-state index in [0.717, 1.165) is 13.0 Å². The Bertz CT molecular complexity index is 369. The van der Waals surface area contributed by atoms with E-state index in [9.17, 15) is 9.50 Å². The molecule has 2 rings (SSSR count). The minimum atomic E-state index is -0.575. The van der Waals surface area contributed by atoms with Gasteiger partial charge in [0.25, 0.3) is 0 Å². The van der Waals surface area contributed by atoms with E-state index in [2.05, 4.69) is 12.2 Å². The van der Waals surface area contributed by atoms with Gasteiger partial charge in [0.2, 0.25) is 0 Å². The Kier molecular flexibility index (Phi) is 4.13. The summed E-state index contributed by atoms with van der Waals surface area (Å²) in [6.45, 7) is 3.25. The molecule has 3 unspecified atom stereocenters. The van der Waals surface area contributed by atoms with Crippen LogP contribution in [0.4, 0.5) is 4.39 Å². The highest BCUT2D eigenvalue weighted by Crippen LogP contribution is 2.24. The minimum Gasteiger partial charge on any atom is -0.388 e. The van der Waals surface area contributed by atoms with Crippen LogP contribution in [0.15, 0.2) is 24.3 Å². The summed E-state index contributed by atoms with van der Waals surface area (Å²) in [5.74, 6) is 0.424. The van der Waals surface area contributed by atoms with Gasteiger partial charge < -0.3 is 10.4 Å². The third-order valence-electron chi connectivity index (χ3n) is 3.50. The number of aliphatic hydroxyl groups is 1. The van der Waals surface area contributed by atoms with Gasteiger partial charge >= 0.3 is 0 Å². The van der Waals surface area contributed by atoms with Crippen molar-refractivity contribution in [1.29, 1.82) is 0 Å². The number of hydrogen-bond acceptors (Lipinski definition) is 2. The summed E-state index contributed by atoms with van der Waals surface area (Å²) in [6, 6.07) is 6.58. The standard InChI is InChI=1S/C14H20FNO/c1-10-5-6-16-13(7-10)9-14(17)11-3-2-4-12(15)8-11/h2-4,8,10,13-14,16-17H,5-7,9H2,1H3. The number of nitrogens with one attached hydrogen (secondary N) is 1. The van der Waals surface area contributed by atoms with Crippen molar-refractivity contribution in [2.45, 2.75) is 38.3 Å². The van der Waals surface area contributed by atoms with E-state index in [0.29, 0.717) is 23.9 Å². The normalized spacial score (nSPS) is 26.8. The van der Waals surface area contributed by atoms with Gasteiger partial charge in [-0.2, -0.15) is 0 Å². The van der Waals surface area contributed by atoms with Crippen molar-refractivity contribution >= 4 is 0 Å². The molecule has 1 fully saturated rings. The Balaban J connectivity index is 1.94. The van der Waals surface area contributed by atoms with Crippen molar-refractivity contribution < 1.29 is 9.50 Å². The van der Waals surface area contributed by atoms with Crippen LogP contribution in [0.5, 0.6) is 0 Å². The summed E-state index contributed by atoms with van der Waals surface area (Å²) < 4.78 is 13.0. The van der Waals surface area contributed by atoms with Gasteiger partial charge in [-0.25, -0.2) is 4.39 Å². The van der Waals surface area contributed by atoms with E-state index in [1.54, 1.807) is 12.1 Å². The summed E-state index contributed by atoms with van der Waals surface area (Å²) in [6.07, 6.45) is 2.38. The number of aliphatic hydroxyl groups excluding tert-OH is 1. The van der Waals surface area contributed by atoms with Crippen LogP contribution < -0.4 is 5.32 Å². The van der Waals surface area contributed by atoms with Crippen molar-refractivity contribution in [2.75, 3.05) is 6.54 Å². The van der Waals surface area contributed by atoms with Gasteiger partial charge in [0, 0.05) is 6.04 Å². The van der Waals surface area contributed by atoms with E-state index in [-0.39, 0.29) is 5.82 Å². The molecule has 0 spiro atoms. The van der Waals surface area contributed by atoms with Crippen molar-refractivity contribution in [3.8, 4) is 0 Å². The predicted molar refractivity (Wildman–Crippen MR) is 66.2 cm³/mol. The van der Waals surface area contributed by atoms with Crippen LogP contribution in [0.1, 0.15) is 37.9 Å². The fourth-order valence-electron chi connectivity index (χ4n) is 2.52. The molecule has 0 saturated carbocycles. The van der Waals surface area contributed by atoms with Crippen LogP contribution in [0.2, 0.25) is 0 Å². The molecule has 2 N–H and O–H groups in total. The smallest absolute Gasteiger partial charge is 0.123 e. The first-order valence-electron chi connectivity index (χ1n) is 6.32. The first kappa shape index (κ1) is 12.5. The largest absolute Gasteiger partial charge is 0.388 e. The quantitative estimate of drug-likeness (QED) is 0.847. The lowest BCUT2D eigenvalue weighted by molar-refractivity contribution is 0.138. The van der Waals surface area contributed by atoms with Gasteiger partial charge in [-0.1, -0.05) is 19.1 Å². The highest BCUT2D eigenvalue weighted by molar-refractivity contribution is 5.18. The highest BCUT2D eigenvalue weighted by atomic mass is 19.1. The van der Waals surface area contributed by atoms with Gasteiger partial charge in [0.1, 0.15) is 5.82 Å². The Morgan fingerprint density at radius 2 is 2.35 bits per heavy atom. The molecule has 17 heavy (non-hydrogen) atoms. The molecular formula is C14H20FNO. The number of halogens is 1. The van der Waals surface area contributed by atoms with Crippen LogP contribution in [0, 0.1) is 11.7 Å². The fourth-order valence-corrected chi connectivity index (χ4v) is 2.52. The summed E-state index contributed by atoms with van der Waals surface area (Å²) in [4.78, 5) is 0. The molecule has 1 saturated heterocycles. The highest BCUT2D eigenvalue weighted by Gasteiger charge is 2.21. The maximum Gasteiger partial charge on any atom is 0.123 e. The fraction of sp³-hybridized carbons (Fsp3) is 0.571. The first-order valence-corrected chi connectivity index (χ1v) is 6.32. The van der Waals surface area contributed by atoms with E-state index in [1.165, 1.54) is 18.6 Å². The minimum absolute atomic E-state index is 0.286. The first-order chi connectivity index (χ1) is 8.15. The van der Waals surface area contributed by atoms with Crippen LogP contribution >= 0.6 is 0 Å². The summed E-state index contributed by atoms with van der Waals surface area (Å²) >= 11 is 0. The van der Waals surface area contributed by atoms with Gasteiger partial charge in [0.15, 0.2) is 0 Å². The van der Waals surface area contributed by atoms with Gasteiger partial charge in [-0.05, 0) is 49.4 Å². The predicted octanol–water partition coefficient (Wildman–Crippen LogP) is 2.64.